The monoisotopic (exact) mass is 835 g/mol. The van der Waals surface area contributed by atoms with Gasteiger partial charge in [0.1, 0.15) is 17.7 Å². The number of benzene rings is 1. The second-order valence-electron chi connectivity index (χ2n) is 16.3. The van der Waals surface area contributed by atoms with E-state index in [1.165, 1.54) is 26.0 Å². The van der Waals surface area contributed by atoms with E-state index in [-0.39, 0.29) is 53.5 Å². The predicted molar refractivity (Wildman–Crippen MR) is 220 cm³/mol. The number of hydrogen-bond donors (Lipinski definition) is 2. The molecule has 5 aromatic rings. The summed E-state index contributed by atoms with van der Waals surface area (Å²) in [5, 5.41) is 13.4. The van der Waals surface area contributed by atoms with Crippen molar-refractivity contribution in [3.63, 3.8) is 0 Å². The first kappa shape index (κ1) is 40.1. The maximum absolute atomic E-state index is 14.2. The zero-order chi connectivity index (χ0) is 42.2. The molecular formula is C43H47F2N11O5. The highest BCUT2D eigenvalue weighted by Crippen LogP contribution is 2.36. The van der Waals surface area contributed by atoms with E-state index in [0.717, 1.165) is 71.1 Å². The molecule has 2 saturated heterocycles. The zero-order valence-electron chi connectivity index (χ0n) is 33.8. The van der Waals surface area contributed by atoms with Crippen LogP contribution in [-0.2, 0) is 16.6 Å². The van der Waals surface area contributed by atoms with Crippen molar-refractivity contribution in [1.82, 2.24) is 48.6 Å². The van der Waals surface area contributed by atoms with Gasteiger partial charge in [0.05, 0.1) is 41.1 Å². The molecule has 18 heteroatoms. The summed E-state index contributed by atoms with van der Waals surface area (Å²) in [6.45, 7) is 3.96. The van der Waals surface area contributed by atoms with Crippen molar-refractivity contribution >= 4 is 40.1 Å². The molecule has 1 aromatic carbocycles. The molecule has 16 nitrogen and oxygen atoms in total. The van der Waals surface area contributed by atoms with Crippen LogP contribution in [0.1, 0.15) is 97.9 Å². The molecule has 1 unspecified atom stereocenters. The van der Waals surface area contributed by atoms with Gasteiger partial charge in [-0.1, -0.05) is 24.0 Å². The minimum Gasteiger partial charge on any atom is -0.474 e. The van der Waals surface area contributed by atoms with E-state index in [2.05, 4.69) is 59.7 Å². The largest absolute Gasteiger partial charge is 0.474 e. The van der Waals surface area contributed by atoms with Gasteiger partial charge < -0.3 is 15.0 Å². The number of carbonyl (C=O) groups is 3. The molecule has 3 amide bonds. The number of halogens is 2. The third-order valence-electron chi connectivity index (χ3n) is 12.4. The van der Waals surface area contributed by atoms with E-state index in [4.69, 9.17) is 4.74 Å². The van der Waals surface area contributed by atoms with Gasteiger partial charge in [0.15, 0.2) is 11.3 Å². The Hall–Kier alpha value is -6.35. The Balaban J connectivity index is 0.762. The molecule has 9 rings (SSSR count). The summed E-state index contributed by atoms with van der Waals surface area (Å²) in [7, 11) is 1.67. The number of aryl methyl sites for hydroxylation is 1. The van der Waals surface area contributed by atoms with Crippen LogP contribution in [0.5, 0.6) is 5.88 Å². The number of ether oxygens (including phenoxy) is 1. The molecule has 1 atom stereocenters. The number of alkyl halides is 2. The average Bonchev–Trinajstić information content (AvgIpc) is 3.93. The highest BCUT2D eigenvalue weighted by atomic mass is 19.3. The SMILES string of the molecule is Cn1c(=O)n(C2CCC(=O)NC2=O)c2cccc(C#CCN3CCN(/C=C/C4CCC(n5cc(NC(=O)c6cnn7ccc(OC8CCC8)nc67)c(C(F)F)n5)CC4)CC3)c21. The standard InChI is InChI=1S/C43H47F2N11O5/c1-51-38-28(5-2-9-33(38)56(43(51)60)34-14-15-35(57)48-42(34)59)6-4-18-52-21-23-53(24-22-52)19-16-27-10-12-29(13-11-27)55-26-32(37(50-55)39(44)45)47-41(58)31-25-46-54-20-17-36(49-40(31)54)61-30-7-3-8-30/h2,5,9,16-17,19-20,25-27,29-30,34,39H,3,7-8,10-15,18,21-24H2,1H3,(H,47,58)(H,48,57,59)/b19-16+. The lowest BCUT2D eigenvalue weighted by Crippen LogP contribution is -2.44. The van der Waals surface area contributed by atoms with Crippen LogP contribution in [0.4, 0.5) is 14.5 Å². The second kappa shape index (κ2) is 17.0. The van der Waals surface area contributed by atoms with Crippen LogP contribution in [0, 0.1) is 17.8 Å². The molecule has 4 aliphatic rings. The van der Waals surface area contributed by atoms with E-state index in [0.29, 0.717) is 34.9 Å². The van der Waals surface area contributed by atoms with Crippen LogP contribution in [-0.4, -0.2) is 99.9 Å². The van der Waals surface area contributed by atoms with Gasteiger partial charge in [-0.15, -0.1) is 0 Å². The molecule has 2 N–H and O–H groups in total. The normalized spacial score (nSPS) is 21.5. The number of nitrogens with one attached hydrogen (secondary N) is 2. The van der Waals surface area contributed by atoms with Gasteiger partial charge in [0.2, 0.25) is 17.7 Å². The minimum absolute atomic E-state index is 0.0283. The van der Waals surface area contributed by atoms with Crippen molar-refractivity contribution in [1.29, 1.82) is 0 Å². The Morgan fingerprint density at radius 2 is 1.85 bits per heavy atom. The molecule has 2 aliphatic carbocycles. The summed E-state index contributed by atoms with van der Waals surface area (Å²) in [6, 6.07) is 6.38. The fourth-order valence-corrected chi connectivity index (χ4v) is 8.67. The van der Waals surface area contributed by atoms with E-state index >= 15 is 0 Å². The Kier molecular flexibility index (Phi) is 11.1. The highest BCUT2D eigenvalue weighted by Gasteiger charge is 2.32. The van der Waals surface area contributed by atoms with E-state index < -0.39 is 30.0 Å². The Labute approximate surface area is 349 Å². The number of fused-ring (bicyclic) bond motifs is 2. The van der Waals surface area contributed by atoms with Crippen molar-refractivity contribution in [2.45, 2.75) is 82.4 Å². The number of allylic oxidation sites excluding steroid dienone is 1. The lowest BCUT2D eigenvalue weighted by molar-refractivity contribution is -0.135. The van der Waals surface area contributed by atoms with Gasteiger partial charge in [-0.3, -0.25) is 38.4 Å². The van der Waals surface area contributed by atoms with Crippen LogP contribution >= 0.6 is 0 Å². The zero-order valence-corrected chi connectivity index (χ0v) is 33.8. The van der Waals surface area contributed by atoms with Crippen LogP contribution < -0.4 is 21.1 Å². The van der Waals surface area contributed by atoms with Crippen molar-refractivity contribution < 1.29 is 27.9 Å². The third kappa shape index (κ3) is 8.26. The first-order valence-electron chi connectivity index (χ1n) is 21.0. The third-order valence-corrected chi connectivity index (χ3v) is 12.4. The van der Waals surface area contributed by atoms with Gasteiger partial charge in [0.25, 0.3) is 12.3 Å². The highest BCUT2D eigenvalue weighted by molar-refractivity contribution is 6.08. The maximum atomic E-state index is 14.2. The van der Waals surface area contributed by atoms with Gasteiger partial charge in [-0.25, -0.2) is 18.1 Å². The molecule has 0 bridgehead atoms. The Morgan fingerprint density at radius 1 is 1.05 bits per heavy atom. The fourth-order valence-electron chi connectivity index (χ4n) is 8.67. The lowest BCUT2D eigenvalue weighted by Gasteiger charge is -2.33. The molecule has 0 radical (unpaired) electrons. The maximum Gasteiger partial charge on any atom is 0.329 e. The molecular weight excluding hydrogens is 789 g/mol. The van der Waals surface area contributed by atoms with E-state index in [1.54, 1.807) is 30.1 Å². The number of hydrogen-bond acceptors (Lipinski definition) is 10. The summed E-state index contributed by atoms with van der Waals surface area (Å²) in [5.41, 5.74) is 1.59. The van der Waals surface area contributed by atoms with Gasteiger partial charge >= 0.3 is 5.69 Å². The van der Waals surface area contributed by atoms with Crippen LogP contribution in [0.3, 0.4) is 0 Å². The second-order valence-corrected chi connectivity index (χ2v) is 16.3. The molecule has 2 saturated carbocycles. The molecule has 4 fully saturated rings. The van der Waals surface area contributed by atoms with E-state index in [9.17, 15) is 28.0 Å². The van der Waals surface area contributed by atoms with Gasteiger partial charge in [0, 0.05) is 58.1 Å². The van der Waals surface area contributed by atoms with Crippen LogP contribution in [0.25, 0.3) is 16.7 Å². The van der Waals surface area contributed by atoms with Crippen LogP contribution in [0.15, 0.2) is 59.9 Å². The number of amides is 3. The molecule has 318 valence electrons. The summed E-state index contributed by atoms with van der Waals surface area (Å²) >= 11 is 0. The lowest BCUT2D eigenvalue weighted by atomic mass is 9.86. The van der Waals surface area contributed by atoms with Crippen molar-refractivity contribution in [2.24, 2.45) is 13.0 Å². The minimum atomic E-state index is -2.87. The van der Waals surface area contributed by atoms with Gasteiger partial charge in [-0.05, 0) is 75.6 Å². The number of anilines is 1. The molecule has 0 spiro atoms. The fraction of sp³-hybridized carbons (Fsp3) is 0.465. The van der Waals surface area contributed by atoms with E-state index in [1.807, 2.05) is 12.1 Å². The summed E-state index contributed by atoms with van der Waals surface area (Å²) in [4.78, 5) is 60.0. The summed E-state index contributed by atoms with van der Waals surface area (Å²) in [5.74, 6) is 5.89. The van der Waals surface area contributed by atoms with Crippen molar-refractivity contribution in [3.05, 3.63) is 82.4 Å². The molecule has 4 aromatic heterocycles. The molecule has 2 aliphatic heterocycles. The molecule has 61 heavy (non-hydrogen) atoms. The number of carbonyl (C=O) groups excluding carboxylic acids is 3. The van der Waals surface area contributed by atoms with Crippen molar-refractivity contribution in [3.8, 4) is 17.7 Å². The topological polar surface area (TPSA) is 166 Å². The summed E-state index contributed by atoms with van der Waals surface area (Å²) < 4.78 is 40.3. The number of piperidine rings is 1. The first-order valence-corrected chi connectivity index (χ1v) is 21.0. The predicted octanol–water partition coefficient (Wildman–Crippen LogP) is 4.59. The Bertz CT molecular complexity index is 2630. The number of imidazole rings is 1. The van der Waals surface area contributed by atoms with Gasteiger partial charge in [-0.2, -0.15) is 15.2 Å². The number of rotatable bonds is 10. The number of para-hydroxylation sites is 1. The Morgan fingerprint density at radius 3 is 2.59 bits per heavy atom. The van der Waals surface area contributed by atoms with Crippen molar-refractivity contribution in [2.75, 3.05) is 38.0 Å². The quantitative estimate of drug-likeness (QED) is 0.150. The smallest absolute Gasteiger partial charge is 0.329 e. The first-order chi connectivity index (χ1) is 29.6. The number of piperazine rings is 1. The number of aromatic nitrogens is 7. The number of imide groups is 1. The molecule has 6 heterocycles. The average molecular weight is 836 g/mol. The number of nitrogens with zero attached hydrogens (tertiary/aromatic N) is 9. The summed E-state index contributed by atoms with van der Waals surface area (Å²) in [6.07, 6.45) is 13.0. The van der Waals surface area contributed by atoms with Crippen LogP contribution in [0.2, 0.25) is 0 Å².